The first kappa shape index (κ1) is 30.5. The van der Waals surface area contributed by atoms with Crippen LogP contribution in [0.3, 0.4) is 0 Å². The van der Waals surface area contributed by atoms with Crippen LogP contribution in [0.2, 0.25) is 0 Å². The number of fused-ring (bicyclic) bond motifs is 8. The number of anilines is 3. The third kappa shape index (κ3) is 5.03. The minimum absolute atomic E-state index is 0.893. The van der Waals surface area contributed by atoms with Gasteiger partial charge in [-0.05, 0) is 120 Å². The standard InChI is InChI=1S/C52H33NO/c1-2-11-37-29-40(19-17-34(37)9-1)35-21-24-43(25-22-35)53(44-26-27-46-41(30-44)20-18-36-10-5-6-14-45(36)46)50-16-8-7-15-47(50)42-23-28-51-48(32-42)49-31-38-12-3-4-13-39(38)33-52(49)54-51/h1-33H. The summed E-state index contributed by atoms with van der Waals surface area (Å²) < 4.78 is 6.40. The van der Waals surface area contributed by atoms with Crippen molar-refractivity contribution in [2.24, 2.45) is 0 Å². The van der Waals surface area contributed by atoms with E-state index < -0.39 is 0 Å². The number of hydrogen-bond acceptors (Lipinski definition) is 2. The second-order valence-corrected chi connectivity index (χ2v) is 14.2. The van der Waals surface area contributed by atoms with E-state index in [1.165, 1.54) is 54.2 Å². The molecule has 2 nitrogen and oxygen atoms in total. The van der Waals surface area contributed by atoms with Crippen LogP contribution >= 0.6 is 0 Å². The summed E-state index contributed by atoms with van der Waals surface area (Å²) in [7, 11) is 0. The van der Waals surface area contributed by atoms with Gasteiger partial charge in [0.15, 0.2) is 0 Å². The molecule has 0 aliphatic carbocycles. The molecular formula is C52H33NO. The van der Waals surface area contributed by atoms with Crippen molar-refractivity contribution >= 4 is 82.1 Å². The molecule has 0 unspecified atom stereocenters. The summed E-state index contributed by atoms with van der Waals surface area (Å²) >= 11 is 0. The van der Waals surface area contributed by atoms with Crippen LogP contribution in [0, 0.1) is 0 Å². The first-order chi connectivity index (χ1) is 26.7. The van der Waals surface area contributed by atoms with Gasteiger partial charge >= 0.3 is 0 Å². The van der Waals surface area contributed by atoms with E-state index in [2.05, 4.69) is 205 Å². The van der Waals surface area contributed by atoms with Crippen LogP contribution in [0.4, 0.5) is 17.1 Å². The van der Waals surface area contributed by atoms with Crippen LogP contribution in [-0.2, 0) is 0 Å². The van der Waals surface area contributed by atoms with E-state index in [4.69, 9.17) is 4.42 Å². The third-order valence-corrected chi connectivity index (χ3v) is 11.0. The van der Waals surface area contributed by atoms with Gasteiger partial charge in [0.05, 0.1) is 5.69 Å². The molecule has 0 aliphatic heterocycles. The predicted octanol–water partition coefficient (Wildman–Crippen LogP) is 15.0. The molecule has 252 valence electrons. The Hall–Kier alpha value is -7.16. The lowest BCUT2D eigenvalue weighted by Gasteiger charge is -2.28. The van der Waals surface area contributed by atoms with Crippen molar-refractivity contribution in [1.29, 1.82) is 0 Å². The summed E-state index contributed by atoms with van der Waals surface area (Å²) in [6.07, 6.45) is 0. The topological polar surface area (TPSA) is 16.4 Å². The minimum Gasteiger partial charge on any atom is -0.456 e. The summed E-state index contributed by atoms with van der Waals surface area (Å²) in [4.78, 5) is 2.40. The molecule has 0 radical (unpaired) electrons. The van der Waals surface area contributed by atoms with Crippen molar-refractivity contribution in [1.82, 2.24) is 0 Å². The van der Waals surface area contributed by atoms with Crippen LogP contribution in [-0.4, -0.2) is 0 Å². The summed E-state index contributed by atoms with van der Waals surface area (Å²) in [5.41, 5.74) is 9.78. The number of nitrogens with zero attached hydrogens (tertiary/aromatic N) is 1. The third-order valence-electron chi connectivity index (χ3n) is 11.0. The Morgan fingerprint density at radius 1 is 0.296 bits per heavy atom. The van der Waals surface area contributed by atoms with E-state index in [0.717, 1.165) is 50.1 Å². The molecule has 2 heteroatoms. The molecule has 0 bridgehead atoms. The molecule has 1 aromatic heterocycles. The molecule has 54 heavy (non-hydrogen) atoms. The van der Waals surface area contributed by atoms with Crippen molar-refractivity contribution in [3.63, 3.8) is 0 Å². The monoisotopic (exact) mass is 687 g/mol. The van der Waals surface area contributed by atoms with Crippen LogP contribution in [0.1, 0.15) is 0 Å². The van der Waals surface area contributed by atoms with Crippen LogP contribution in [0.15, 0.2) is 205 Å². The molecule has 0 saturated heterocycles. The summed E-state index contributed by atoms with van der Waals surface area (Å²) in [5.74, 6) is 0. The van der Waals surface area contributed by atoms with Gasteiger partial charge in [-0.2, -0.15) is 0 Å². The zero-order chi connectivity index (χ0) is 35.6. The number of hydrogen-bond donors (Lipinski definition) is 0. The average molecular weight is 688 g/mol. The Bertz CT molecular complexity index is 3230. The normalized spacial score (nSPS) is 11.7. The van der Waals surface area contributed by atoms with Gasteiger partial charge < -0.3 is 9.32 Å². The molecule has 1 heterocycles. The van der Waals surface area contributed by atoms with Gasteiger partial charge in [-0.1, -0.05) is 140 Å². The maximum atomic E-state index is 6.40. The highest BCUT2D eigenvalue weighted by atomic mass is 16.3. The smallest absolute Gasteiger partial charge is 0.136 e. The van der Waals surface area contributed by atoms with Crippen molar-refractivity contribution in [3.05, 3.63) is 200 Å². The summed E-state index contributed by atoms with van der Waals surface area (Å²) in [6, 6.07) is 72.5. The van der Waals surface area contributed by atoms with Crippen LogP contribution in [0.5, 0.6) is 0 Å². The van der Waals surface area contributed by atoms with Gasteiger partial charge in [0.2, 0.25) is 0 Å². The molecule has 0 spiro atoms. The largest absolute Gasteiger partial charge is 0.456 e. The highest BCUT2D eigenvalue weighted by Gasteiger charge is 2.19. The Kier molecular flexibility index (Phi) is 6.90. The molecule has 11 aromatic rings. The average Bonchev–Trinajstić information content (AvgIpc) is 3.59. The van der Waals surface area contributed by atoms with E-state index in [1.807, 2.05) is 0 Å². The Balaban J connectivity index is 1.08. The molecular weight excluding hydrogens is 655 g/mol. The lowest BCUT2D eigenvalue weighted by atomic mass is 9.97. The summed E-state index contributed by atoms with van der Waals surface area (Å²) in [5, 5.41) is 12.1. The predicted molar refractivity (Wildman–Crippen MR) is 229 cm³/mol. The SMILES string of the molecule is c1ccc(N(c2ccc(-c3ccc4ccccc4c3)cc2)c2ccc3c(ccc4ccccc43)c2)c(-c2ccc3oc4cc5ccccc5cc4c3c2)c1. The van der Waals surface area contributed by atoms with E-state index in [9.17, 15) is 0 Å². The molecule has 0 N–H and O–H groups in total. The van der Waals surface area contributed by atoms with Crippen molar-refractivity contribution < 1.29 is 4.42 Å². The second kappa shape index (κ2) is 12.2. The molecule has 0 saturated carbocycles. The maximum Gasteiger partial charge on any atom is 0.136 e. The Morgan fingerprint density at radius 3 is 1.74 bits per heavy atom. The van der Waals surface area contributed by atoms with Crippen molar-refractivity contribution in [2.75, 3.05) is 4.90 Å². The zero-order valence-corrected chi connectivity index (χ0v) is 29.4. The zero-order valence-electron chi connectivity index (χ0n) is 29.4. The molecule has 0 aliphatic rings. The molecule has 0 amide bonds. The van der Waals surface area contributed by atoms with E-state index in [-0.39, 0.29) is 0 Å². The van der Waals surface area contributed by atoms with Crippen LogP contribution < -0.4 is 4.90 Å². The first-order valence-electron chi connectivity index (χ1n) is 18.5. The first-order valence-corrected chi connectivity index (χ1v) is 18.5. The summed E-state index contributed by atoms with van der Waals surface area (Å²) in [6.45, 7) is 0. The second-order valence-electron chi connectivity index (χ2n) is 14.2. The van der Waals surface area contributed by atoms with Crippen molar-refractivity contribution in [3.8, 4) is 22.3 Å². The minimum atomic E-state index is 0.893. The highest BCUT2D eigenvalue weighted by molar-refractivity contribution is 6.12. The molecule has 0 atom stereocenters. The van der Waals surface area contributed by atoms with Gasteiger partial charge in [-0.15, -0.1) is 0 Å². The quantitative estimate of drug-likeness (QED) is 0.168. The number of benzene rings is 10. The van der Waals surface area contributed by atoms with Gasteiger partial charge in [0, 0.05) is 27.7 Å². The molecule has 10 aromatic carbocycles. The maximum absolute atomic E-state index is 6.40. The van der Waals surface area contributed by atoms with Gasteiger partial charge in [-0.3, -0.25) is 0 Å². The van der Waals surface area contributed by atoms with Gasteiger partial charge in [-0.25, -0.2) is 0 Å². The lowest BCUT2D eigenvalue weighted by molar-refractivity contribution is 0.669. The fourth-order valence-electron chi connectivity index (χ4n) is 8.28. The molecule has 11 rings (SSSR count). The Labute approximate surface area is 312 Å². The number of furan rings is 1. The van der Waals surface area contributed by atoms with E-state index in [0.29, 0.717) is 0 Å². The van der Waals surface area contributed by atoms with E-state index >= 15 is 0 Å². The fraction of sp³-hybridized carbons (Fsp3) is 0. The van der Waals surface area contributed by atoms with Gasteiger partial charge in [0.25, 0.3) is 0 Å². The van der Waals surface area contributed by atoms with E-state index in [1.54, 1.807) is 0 Å². The highest BCUT2D eigenvalue weighted by Crippen LogP contribution is 2.44. The fourth-order valence-corrected chi connectivity index (χ4v) is 8.28. The lowest BCUT2D eigenvalue weighted by Crippen LogP contribution is -2.11. The van der Waals surface area contributed by atoms with Crippen LogP contribution in [0.25, 0.3) is 87.3 Å². The van der Waals surface area contributed by atoms with Gasteiger partial charge in [0.1, 0.15) is 11.2 Å². The number of rotatable bonds is 5. The molecule has 0 fully saturated rings. The Morgan fingerprint density at radius 2 is 0.889 bits per heavy atom. The number of para-hydroxylation sites is 1. The van der Waals surface area contributed by atoms with Crippen molar-refractivity contribution in [2.45, 2.75) is 0 Å².